The first-order chi connectivity index (χ1) is 7.46. The zero-order valence-corrected chi connectivity index (χ0v) is 11.4. The van der Waals surface area contributed by atoms with E-state index in [4.69, 9.17) is 11.6 Å². The summed E-state index contributed by atoms with van der Waals surface area (Å²) in [5.74, 6) is 1.05. The largest absolute Gasteiger partial charge is 0.365 e. The SMILES string of the molecule is O=S1(=O)CCC(Nc2ncc(Cl)cc2Br)C1. The fourth-order valence-electron chi connectivity index (χ4n) is 1.62. The predicted molar refractivity (Wildman–Crippen MR) is 67.6 cm³/mol. The fraction of sp³-hybridized carbons (Fsp3) is 0.444. The maximum absolute atomic E-state index is 11.3. The monoisotopic (exact) mass is 324 g/mol. The van der Waals surface area contributed by atoms with Gasteiger partial charge in [0.2, 0.25) is 0 Å². The second-order valence-corrected chi connectivity index (χ2v) is 7.25. The van der Waals surface area contributed by atoms with Gasteiger partial charge in [0.15, 0.2) is 9.84 Å². The van der Waals surface area contributed by atoms with Crippen molar-refractivity contribution in [2.75, 3.05) is 16.8 Å². The molecule has 0 aliphatic carbocycles. The third-order valence-corrected chi connectivity index (χ3v) is 4.96. The Balaban J connectivity index is 2.11. The minimum Gasteiger partial charge on any atom is -0.365 e. The third-order valence-electron chi connectivity index (χ3n) is 2.38. The Morgan fingerprint density at radius 1 is 1.56 bits per heavy atom. The number of pyridine rings is 1. The van der Waals surface area contributed by atoms with Gasteiger partial charge in [-0.1, -0.05) is 11.6 Å². The van der Waals surface area contributed by atoms with Crippen LogP contribution in [0.4, 0.5) is 5.82 Å². The molecule has 1 fully saturated rings. The van der Waals surface area contributed by atoms with Crippen molar-refractivity contribution in [3.63, 3.8) is 0 Å². The average Bonchev–Trinajstić information content (AvgIpc) is 2.51. The molecule has 88 valence electrons. The summed E-state index contributed by atoms with van der Waals surface area (Å²) in [7, 11) is -2.87. The Bertz CT molecular complexity index is 506. The summed E-state index contributed by atoms with van der Waals surface area (Å²) in [6, 6.07) is 1.66. The number of sulfone groups is 1. The first-order valence-corrected chi connectivity index (χ1v) is 7.73. The van der Waals surface area contributed by atoms with Gasteiger partial charge in [0, 0.05) is 12.2 Å². The zero-order valence-electron chi connectivity index (χ0n) is 8.28. The molecule has 1 aromatic rings. The molecule has 1 N–H and O–H groups in total. The van der Waals surface area contributed by atoms with E-state index >= 15 is 0 Å². The van der Waals surface area contributed by atoms with Crippen molar-refractivity contribution in [1.29, 1.82) is 0 Å². The molecule has 2 heterocycles. The summed E-state index contributed by atoms with van der Waals surface area (Å²) in [4.78, 5) is 4.10. The van der Waals surface area contributed by atoms with E-state index in [-0.39, 0.29) is 17.5 Å². The summed E-state index contributed by atoms with van der Waals surface area (Å²) in [6.45, 7) is 0. The van der Waals surface area contributed by atoms with Gasteiger partial charge in [-0.05, 0) is 28.4 Å². The average molecular weight is 326 g/mol. The Kier molecular flexibility index (Phi) is 3.42. The van der Waals surface area contributed by atoms with Crippen molar-refractivity contribution in [3.8, 4) is 0 Å². The Hall–Kier alpha value is -0.330. The minimum atomic E-state index is -2.87. The van der Waals surface area contributed by atoms with E-state index in [9.17, 15) is 8.42 Å². The Labute approximate surface area is 107 Å². The van der Waals surface area contributed by atoms with Crippen molar-refractivity contribution >= 4 is 43.2 Å². The van der Waals surface area contributed by atoms with Crippen LogP contribution in [0.3, 0.4) is 0 Å². The molecule has 16 heavy (non-hydrogen) atoms. The molecule has 1 aliphatic rings. The molecule has 0 aromatic carbocycles. The van der Waals surface area contributed by atoms with Crippen LogP contribution in [-0.4, -0.2) is 30.9 Å². The van der Waals surface area contributed by atoms with Crippen molar-refractivity contribution < 1.29 is 8.42 Å². The number of halogens is 2. The lowest BCUT2D eigenvalue weighted by atomic mass is 10.2. The van der Waals surface area contributed by atoms with Crippen molar-refractivity contribution in [1.82, 2.24) is 4.98 Å². The lowest BCUT2D eigenvalue weighted by Gasteiger charge is -2.12. The highest BCUT2D eigenvalue weighted by atomic mass is 79.9. The number of rotatable bonds is 2. The van der Waals surface area contributed by atoms with Crippen LogP contribution in [0.15, 0.2) is 16.7 Å². The van der Waals surface area contributed by atoms with E-state index in [1.54, 1.807) is 6.07 Å². The van der Waals surface area contributed by atoms with Crippen LogP contribution in [0.5, 0.6) is 0 Å². The molecule has 0 radical (unpaired) electrons. The third kappa shape index (κ3) is 2.87. The molecule has 0 amide bonds. The summed E-state index contributed by atoms with van der Waals surface area (Å²) >= 11 is 9.09. The summed E-state index contributed by atoms with van der Waals surface area (Å²) in [5, 5.41) is 3.63. The van der Waals surface area contributed by atoms with Gasteiger partial charge in [-0.15, -0.1) is 0 Å². The van der Waals surface area contributed by atoms with Crippen molar-refractivity contribution in [2.24, 2.45) is 0 Å². The van der Waals surface area contributed by atoms with Gasteiger partial charge in [0.1, 0.15) is 5.82 Å². The molecule has 7 heteroatoms. The highest BCUT2D eigenvalue weighted by Crippen LogP contribution is 2.25. The first kappa shape index (κ1) is 12.1. The van der Waals surface area contributed by atoms with E-state index in [0.29, 0.717) is 17.3 Å². The van der Waals surface area contributed by atoms with Crippen molar-refractivity contribution in [3.05, 3.63) is 21.8 Å². The van der Waals surface area contributed by atoms with Crippen LogP contribution in [-0.2, 0) is 9.84 Å². The number of hydrogen-bond donors (Lipinski definition) is 1. The van der Waals surface area contributed by atoms with Crippen molar-refractivity contribution in [2.45, 2.75) is 12.5 Å². The normalized spacial score (nSPS) is 23.2. The van der Waals surface area contributed by atoms with E-state index in [1.807, 2.05) is 0 Å². The second-order valence-electron chi connectivity index (χ2n) is 3.73. The van der Waals surface area contributed by atoms with Crippen LogP contribution in [0, 0.1) is 0 Å². The lowest BCUT2D eigenvalue weighted by molar-refractivity contribution is 0.602. The number of hydrogen-bond acceptors (Lipinski definition) is 4. The molecule has 1 unspecified atom stereocenters. The topological polar surface area (TPSA) is 59.1 Å². The van der Waals surface area contributed by atoms with E-state index in [2.05, 4.69) is 26.2 Å². The molecule has 1 saturated heterocycles. The molecule has 0 saturated carbocycles. The number of anilines is 1. The highest BCUT2D eigenvalue weighted by molar-refractivity contribution is 9.10. The van der Waals surface area contributed by atoms with Gasteiger partial charge < -0.3 is 5.32 Å². The first-order valence-electron chi connectivity index (χ1n) is 4.74. The van der Waals surface area contributed by atoms with Gasteiger partial charge in [-0.25, -0.2) is 13.4 Å². The highest BCUT2D eigenvalue weighted by Gasteiger charge is 2.28. The van der Waals surface area contributed by atoms with E-state index in [1.165, 1.54) is 6.20 Å². The maximum Gasteiger partial charge on any atom is 0.152 e. The number of nitrogens with one attached hydrogen (secondary N) is 1. The Morgan fingerprint density at radius 2 is 2.31 bits per heavy atom. The van der Waals surface area contributed by atoms with Gasteiger partial charge in [-0.2, -0.15) is 0 Å². The lowest BCUT2D eigenvalue weighted by Crippen LogP contribution is -2.21. The second kappa shape index (κ2) is 4.50. The zero-order chi connectivity index (χ0) is 11.8. The molecular formula is C9H10BrClN2O2S. The van der Waals surface area contributed by atoms with E-state index < -0.39 is 9.84 Å². The number of aromatic nitrogens is 1. The smallest absolute Gasteiger partial charge is 0.152 e. The predicted octanol–water partition coefficient (Wildman–Crippen LogP) is 2.10. The molecule has 1 atom stereocenters. The summed E-state index contributed by atoms with van der Waals surface area (Å²) in [6.07, 6.45) is 2.15. The molecule has 1 aromatic heterocycles. The minimum absolute atomic E-state index is 0.0602. The van der Waals surface area contributed by atoms with Crippen LogP contribution >= 0.6 is 27.5 Å². The van der Waals surface area contributed by atoms with Crippen LogP contribution in [0.25, 0.3) is 0 Å². The van der Waals surface area contributed by atoms with Gasteiger partial charge in [0.05, 0.1) is 21.0 Å². The molecule has 4 nitrogen and oxygen atoms in total. The number of nitrogens with zero attached hydrogens (tertiary/aromatic N) is 1. The molecule has 2 rings (SSSR count). The van der Waals surface area contributed by atoms with E-state index in [0.717, 1.165) is 4.47 Å². The molecule has 1 aliphatic heterocycles. The van der Waals surface area contributed by atoms with Gasteiger partial charge >= 0.3 is 0 Å². The maximum atomic E-state index is 11.3. The van der Waals surface area contributed by atoms with Crippen LogP contribution < -0.4 is 5.32 Å². The standard InChI is InChI=1S/C9H10BrClN2O2S/c10-8-3-6(11)4-12-9(8)13-7-1-2-16(14,15)5-7/h3-4,7H,1-2,5H2,(H,12,13). The summed E-state index contributed by atoms with van der Waals surface area (Å²) in [5.41, 5.74) is 0. The molecular weight excluding hydrogens is 316 g/mol. The van der Waals surface area contributed by atoms with Gasteiger partial charge in [0.25, 0.3) is 0 Å². The fourth-order valence-corrected chi connectivity index (χ4v) is 4.05. The Morgan fingerprint density at radius 3 is 2.88 bits per heavy atom. The van der Waals surface area contributed by atoms with Crippen LogP contribution in [0.2, 0.25) is 5.02 Å². The van der Waals surface area contributed by atoms with Gasteiger partial charge in [-0.3, -0.25) is 0 Å². The molecule has 0 spiro atoms. The van der Waals surface area contributed by atoms with Crippen LogP contribution in [0.1, 0.15) is 6.42 Å². The molecule has 0 bridgehead atoms. The summed E-state index contributed by atoms with van der Waals surface area (Å²) < 4.78 is 23.3. The quantitative estimate of drug-likeness (QED) is 0.904.